The van der Waals surface area contributed by atoms with Gasteiger partial charge < -0.3 is 10.5 Å². The second-order valence-corrected chi connectivity index (χ2v) is 6.58. The predicted octanol–water partition coefficient (Wildman–Crippen LogP) is 2.98. The van der Waals surface area contributed by atoms with E-state index in [1.807, 2.05) is 39.0 Å². The second-order valence-electron chi connectivity index (χ2n) is 5.46. The highest BCUT2D eigenvalue weighted by molar-refractivity contribution is 7.18. The average Bonchev–Trinajstić information content (AvgIpc) is 2.67. The average molecular weight is 264 g/mol. The van der Waals surface area contributed by atoms with Gasteiger partial charge in [-0.15, -0.1) is 11.3 Å². The van der Waals surface area contributed by atoms with Crippen LogP contribution in [0.25, 0.3) is 10.2 Å². The number of hydrogen-bond donors (Lipinski definition) is 1. The summed E-state index contributed by atoms with van der Waals surface area (Å²) in [4.78, 5) is 4.58. The summed E-state index contributed by atoms with van der Waals surface area (Å²) in [6, 6.07) is 8.17. The van der Waals surface area contributed by atoms with Gasteiger partial charge in [0.1, 0.15) is 0 Å². The molecule has 0 fully saturated rings. The molecular formula is C14H20N2OS. The van der Waals surface area contributed by atoms with Gasteiger partial charge in [0.05, 0.1) is 27.4 Å². The highest BCUT2D eigenvalue weighted by Gasteiger charge is 2.14. The zero-order valence-corrected chi connectivity index (χ0v) is 12.0. The molecule has 0 aliphatic carbocycles. The molecule has 1 atom stereocenters. The quantitative estimate of drug-likeness (QED) is 0.923. The number of ether oxygens (including phenoxy) is 1. The van der Waals surface area contributed by atoms with Crippen molar-refractivity contribution in [2.24, 2.45) is 5.73 Å². The molecule has 98 valence electrons. The number of aromatic nitrogens is 1. The van der Waals surface area contributed by atoms with Crippen molar-refractivity contribution in [3.8, 4) is 0 Å². The van der Waals surface area contributed by atoms with E-state index in [1.165, 1.54) is 4.70 Å². The third kappa shape index (κ3) is 3.77. The van der Waals surface area contributed by atoms with E-state index >= 15 is 0 Å². The highest BCUT2D eigenvalue weighted by Crippen LogP contribution is 2.22. The predicted molar refractivity (Wildman–Crippen MR) is 77.0 cm³/mol. The lowest BCUT2D eigenvalue weighted by Crippen LogP contribution is -2.33. The normalized spacial score (nSPS) is 14.0. The van der Waals surface area contributed by atoms with Gasteiger partial charge in [-0.3, -0.25) is 0 Å². The maximum absolute atomic E-state index is 6.08. The minimum Gasteiger partial charge on any atom is -0.374 e. The number of thiazole rings is 1. The van der Waals surface area contributed by atoms with Crippen molar-refractivity contribution < 1.29 is 4.74 Å². The van der Waals surface area contributed by atoms with Gasteiger partial charge in [-0.25, -0.2) is 4.98 Å². The lowest BCUT2D eigenvalue weighted by Gasteiger charge is -2.22. The Hall–Kier alpha value is -0.970. The molecule has 1 unspecified atom stereocenters. The fraction of sp³-hybridized carbons (Fsp3) is 0.500. The van der Waals surface area contributed by atoms with Crippen LogP contribution in [0.5, 0.6) is 0 Å². The van der Waals surface area contributed by atoms with Crippen LogP contribution in [-0.2, 0) is 11.2 Å². The summed E-state index contributed by atoms with van der Waals surface area (Å²) < 4.78 is 6.91. The maximum Gasteiger partial charge on any atom is 0.0954 e. The standard InChI is InChI=1S/C14H20N2OS/c1-14(2,3)17-9-10(15)8-13-16-11-6-4-5-7-12(11)18-13/h4-7,10H,8-9,15H2,1-3H3. The first-order chi connectivity index (χ1) is 8.44. The van der Waals surface area contributed by atoms with Crippen molar-refractivity contribution >= 4 is 21.6 Å². The van der Waals surface area contributed by atoms with Crippen LogP contribution in [0, 0.1) is 0 Å². The third-order valence-corrected chi connectivity index (χ3v) is 3.56. The third-order valence-electron chi connectivity index (χ3n) is 2.51. The number of benzene rings is 1. The molecule has 2 rings (SSSR count). The summed E-state index contributed by atoms with van der Waals surface area (Å²) in [6.07, 6.45) is 0.773. The van der Waals surface area contributed by atoms with Crippen LogP contribution in [0.3, 0.4) is 0 Å². The lowest BCUT2D eigenvalue weighted by atomic mass is 10.2. The SMILES string of the molecule is CC(C)(C)OCC(N)Cc1nc2ccccc2s1. The molecule has 0 saturated heterocycles. The van der Waals surface area contributed by atoms with Gasteiger partial charge in [-0.05, 0) is 32.9 Å². The van der Waals surface area contributed by atoms with E-state index in [-0.39, 0.29) is 11.6 Å². The van der Waals surface area contributed by atoms with Gasteiger partial charge in [-0.1, -0.05) is 12.1 Å². The topological polar surface area (TPSA) is 48.1 Å². The molecule has 0 spiro atoms. The first kappa shape index (κ1) is 13.5. The highest BCUT2D eigenvalue weighted by atomic mass is 32.1. The number of para-hydroxylation sites is 1. The number of rotatable bonds is 4. The first-order valence-corrected chi connectivity index (χ1v) is 7.00. The lowest BCUT2D eigenvalue weighted by molar-refractivity contribution is -0.00983. The summed E-state index contributed by atoms with van der Waals surface area (Å²) in [5.41, 5.74) is 7.00. The summed E-state index contributed by atoms with van der Waals surface area (Å²) in [5, 5.41) is 1.08. The van der Waals surface area contributed by atoms with Crippen molar-refractivity contribution in [3.05, 3.63) is 29.3 Å². The van der Waals surface area contributed by atoms with Gasteiger partial charge in [0.2, 0.25) is 0 Å². The molecule has 1 aromatic carbocycles. The van der Waals surface area contributed by atoms with Gasteiger partial charge in [-0.2, -0.15) is 0 Å². The fourth-order valence-corrected chi connectivity index (χ4v) is 2.71. The molecule has 0 bridgehead atoms. The molecule has 0 radical (unpaired) electrons. The Labute approximate surface area is 112 Å². The minimum atomic E-state index is -0.134. The molecule has 4 heteroatoms. The first-order valence-electron chi connectivity index (χ1n) is 6.18. The zero-order valence-electron chi connectivity index (χ0n) is 11.1. The molecule has 0 aliphatic rings. The Morgan fingerprint density at radius 3 is 2.72 bits per heavy atom. The Morgan fingerprint density at radius 1 is 1.33 bits per heavy atom. The van der Waals surface area contributed by atoms with Crippen LogP contribution in [0.15, 0.2) is 24.3 Å². The molecular weight excluding hydrogens is 244 g/mol. The largest absolute Gasteiger partial charge is 0.374 e. The second kappa shape index (κ2) is 5.34. The summed E-state index contributed by atoms with van der Waals surface area (Å²) >= 11 is 1.71. The van der Waals surface area contributed by atoms with Gasteiger partial charge in [0.25, 0.3) is 0 Å². The molecule has 18 heavy (non-hydrogen) atoms. The Kier molecular flexibility index (Phi) is 4.00. The molecule has 3 nitrogen and oxygen atoms in total. The fourth-order valence-electron chi connectivity index (χ4n) is 1.65. The van der Waals surface area contributed by atoms with E-state index in [9.17, 15) is 0 Å². The molecule has 2 N–H and O–H groups in total. The van der Waals surface area contributed by atoms with Crippen LogP contribution in [0.2, 0.25) is 0 Å². The Morgan fingerprint density at radius 2 is 2.06 bits per heavy atom. The van der Waals surface area contributed by atoms with Crippen LogP contribution >= 0.6 is 11.3 Å². The van der Waals surface area contributed by atoms with E-state index in [1.54, 1.807) is 11.3 Å². The van der Waals surface area contributed by atoms with E-state index < -0.39 is 0 Å². The molecule has 2 aromatic rings. The van der Waals surface area contributed by atoms with Crippen LogP contribution in [-0.4, -0.2) is 23.2 Å². The Bertz CT molecular complexity index is 483. The monoisotopic (exact) mass is 264 g/mol. The van der Waals surface area contributed by atoms with Gasteiger partial charge >= 0.3 is 0 Å². The summed E-state index contributed by atoms with van der Waals surface area (Å²) in [7, 11) is 0. The van der Waals surface area contributed by atoms with E-state index in [4.69, 9.17) is 10.5 Å². The van der Waals surface area contributed by atoms with Gasteiger partial charge in [0, 0.05) is 12.5 Å². The number of nitrogens with two attached hydrogens (primary N) is 1. The van der Waals surface area contributed by atoms with Crippen LogP contribution in [0.1, 0.15) is 25.8 Å². The summed E-state index contributed by atoms with van der Waals surface area (Å²) in [6.45, 7) is 6.69. The van der Waals surface area contributed by atoms with Crippen LogP contribution in [0.4, 0.5) is 0 Å². The molecule has 0 amide bonds. The smallest absolute Gasteiger partial charge is 0.0954 e. The minimum absolute atomic E-state index is 0.00443. The van der Waals surface area contributed by atoms with Crippen molar-refractivity contribution in [2.45, 2.75) is 38.8 Å². The number of hydrogen-bond acceptors (Lipinski definition) is 4. The molecule has 1 aromatic heterocycles. The van der Waals surface area contributed by atoms with E-state index in [0.29, 0.717) is 6.61 Å². The van der Waals surface area contributed by atoms with Crippen LogP contribution < -0.4 is 5.73 Å². The summed E-state index contributed by atoms with van der Waals surface area (Å²) in [5.74, 6) is 0. The van der Waals surface area contributed by atoms with E-state index in [0.717, 1.165) is 16.9 Å². The van der Waals surface area contributed by atoms with E-state index in [2.05, 4.69) is 11.1 Å². The zero-order chi connectivity index (χ0) is 13.2. The molecule has 0 saturated carbocycles. The van der Waals surface area contributed by atoms with Crippen molar-refractivity contribution in [2.75, 3.05) is 6.61 Å². The molecule has 0 aliphatic heterocycles. The molecule has 1 heterocycles. The van der Waals surface area contributed by atoms with Crippen molar-refractivity contribution in [1.82, 2.24) is 4.98 Å². The number of fused-ring (bicyclic) bond motifs is 1. The van der Waals surface area contributed by atoms with Gasteiger partial charge in [0.15, 0.2) is 0 Å². The Balaban J connectivity index is 1.96. The van der Waals surface area contributed by atoms with Crippen molar-refractivity contribution in [1.29, 1.82) is 0 Å². The van der Waals surface area contributed by atoms with Crippen molar-refractivity contribution in [3.63, 3.8) is 0 Å². The number of nitrogens with zero attached hydrogens (tertiary/aromatic N) is 1. The maximum atomic E-state index is 6.08.